The number of nitrogens with two attached hydrogens (primary N) is 1. The van der Waals surface area contributed by atoms with E-state index in [1.807, 2.05) is 7.11 Å². The summed E-state index contributed by atoms with van der Waals surface area (Å²) in [5.74, 6) is 0.833. The van der Waals surface area contributed by atoms with Crippen molar-refractivity contribution < 1.29 is 4.74 Å². The van der Waals surface area contributed by atoms with Crippen molar-refractivity contribution in [1.82, 2.24) is 4.90 Å². The first-order chi connectivity index (χ1) is 9.80. The van der Waals surface area contributed by atoms with Gasteiger partial charge < -0.3 is 10.5 Å². The number of ether oxygens (including phenoxy) is 1. The van der Waals surface area contributed by atoms with Crippen LogP contribution in [-0.4, -0.2) is 37.2 Å². The second kappa shape index (κ2) is 7.59. The highest BCUT2D eigenvalue weighted by Gasteiger charge is 2.28. The fourth-order valence-corrected chi connectivity index (χ4v) is 3.33. The Morgan fingerprint density at radius 2 is 2.10 bits per heavy atom. The van der Waals surface area contributed by atoms with Gasteiger partial charge in [0.25, 0.3) is 0 Å². The molecule has 0 radical (unpaired) electrons. The molecule has 0 bridgehead atoms. The molecule has 1 aromatic carbocycles. The van der Waals surface area contributed by atoms with Crippen LogP contribution in [0.1, 0.15) is 42.7 Å². The van der Waals surface area contributed by atoms with Crippen LogP contribution in [0.2, 0.25) is 0 Å². The average Bonchev–Trinajstić information content (AvgIpc) is 3.32. The van der Waals surface area contributed by atoms with Crippen molar-refractivity contribution in [1.29, 1.82) is 0 Å². The zero-order valence-corrected chi connectivity index (χ0v) is 13.6. The van der Waals surface area contributed by atoms with Gasteiger partial charge in [-0.2, -0.15) is 0 Å². The Kier molecular flexibility index (Phi) is 6.06. The van der Waals surface area contributed by atoms with Crippen molar-refractivity contribution in [2.45, 2.75) is 50.3 Å². The van der Waals surface area contributed by atoms with Crippen LogP contribution in [0, 0.1) is 0 Å². The standard InChI is InChI=1S/C17H26N2O.ClH/c1-20-17-7-8-19(16(10-17)11-18)12-13-3-2-4-15(9-13)14-5-6-14;/h2-4,9,14,16-17H,5-8,10-12,18H2,1H3;1H. The molecule has 3 nitrogen and oxygen atoms in total. The summed E-state index contributed by atoms with van der Waals surface area (Å²) in [6.45, 7) is 2.84. The molecular weight excluding hydrogens is 284 g/mol. The van der Waals surface area contributed by atoms with E-state index in [9.17, 15) is 0 Å². The van der Waals surface area contributed by atoms with E-state index in [1.165, 1.54) is 24.0 Å². The van der Waals surface area contributed by atoms with Crippen molar-refractivity contribution in [3.8, 4) is 0 Å². The third-order valence-electron chi connectivity index (χ3n) is 4.78. The minimum Gasteiger partial charge on any atom is -0.381 e. The second-order valence-electron chi connectivity index (χ2n) is 6.26. The van der Waals surface area contributed by atoms with Crippen molar-refractivity contribution in [2.24, 2.45) is 5.73 Å². The van der Waals surface area contributed by atoms with Gasteiger partial charge in [-0.25, -0.2) is 0 Å². The van der Waals surface area contributed by atoms with E-state index in [0.29, 0.717) is 12.1 Å². The lowest BCUT2D eigenvalue weighted by Crippen LogP contribution is -2.47. The van der Waals surface area contributed by atoms with Crippen molar-refractivity contribution in [3.63, 3.8) is 0 Å². The van der Waals surface area contributed by atoms with Crippen LogP contribution in [0.4, 0.5) is 0 Å². The van der Waals surface area contributed by atoms with E-state index in [0.717, 1.165) is 38.4 Å². The van der Waals surface area contributed by atoms with Gasteiger partial charge in [-0.1, -0.05) is 24.3 Å². The molecule has 0 aromatic heterocycles. The largest absolute Gasteiger partial charge is 0.381 e. The molecule has 4 heteroatoms. The Morgan fingerprint density at radius 3 is 2.76 bits per heavy atom. The minimum atomic E-state index is 0. The van der Waals surface area contributed by atoms with E-state index in [2.05, 4.69) is 29.2 Å². The zero-order valence-electron chi connectivity index (χ0n) is 12.8. The van der Waals surface area contributed by atoms with Crippen LogP contribution in [0.5, 0.6) is 0 Å². The summed E-state index contributed by atoms with van der Waals surface area (Å²) in [5, 5.41) is 0. The van der Waals surface area contributed by atoms with Crippen LogP contribution in [0.3, 0.4) is 0 Å². The number of hydrogen-bond acceptors (Lipinski definition) is 3. The maximum absolute atomic E-state index is 5.96. The van der Waals surface area contributed by atoms with E-state index in [4.69, 9.17) is 10.5 Å². The summed E-state index contributed by atoms with van der Waals surface area (Å²) >= 11 is 0. The molecule has 2 unspecified atom stereocenters. The fourth-order valence-electron chi connectivity index (χ4n) is 3.33. The summed E-state index contributed by atoms with van der Waals surface area (Å²) < 4.78 is 5.50. The second-order valence-corrected chi connectivity index (χ2v) is 6.26. The summed E-state index contributed by atoms with van der Waals surface area (Å²) in [5.41, 5.74) is 8.92. The molecule has 2 fully saturated rings. The Labute approximate surface area is 134 Å². The maximum atomic E-state index is 5.96. The van der Waals surface area contributed by atoms with Gasteiger partial charge in [0.1, 0.15) is 0 Å². The molecule has 2 aliphatic rings. The smallest absolute Gasteiger partial charge is 0.0599 e. The average molecular weight is 311 g/mol. The number of hydrogen-bond donors (Lipinski definition) is 1. The lowest BCUT2D eigenvalue weighted by atomic mass is 9.98. The SMILES string of the molecule is COC1CCN(Cc2cccc(C3CC3)c2)C(CN)C1.Cl. The van der Waals surface area contributed by atoms with Crippen LogP contribution in [0.15, 0.2) is 24.3 Å². The topological polar surface area (TPSA) is 38.5 Å². The Morgan fingerprint density at radius 1 is 1.29 bits per heavy atom. The van der Waals surface area contributed by atoms with E-state index in [-0.39, 0.29) is 12.4 Å². The number of rotatable bonds is 5. The summed E-state index contributed by atoms with van der Waals surface area (Å²) in [6.07, 6.45) is 5.31. The normalized spacial score (nSPS) is 26.4. The summed E-state index contributed by atoms with van der Waals surface area (Å²) in [7, 11) is 1.81. The number of piperidine rings is 1. The van der Waals surface area contributed by atoms with Crippen LogP contribution < -0.4 is 5.73 Å². The first-order valence-corrected chi connectivity index (χ1v) is 7.86. The predicted octanol–water partition coefficient (Wildman–Crippen LogP) is 2.92. The van der Waals surface area contributed by atoms with Gasteiger partial charge in [0.15, 0.2) is 0 Å². The predicted molar refractivity (Wildman–Crippen MR) is 88.9 cm³/mol. The molecule has 2 N–H and O–H groups in total. The molecule has 1 aliphatic carbocycles. The Hall–Kier alpha value is -0.610. The first kappa shape index (κ1) is 16.8. The minimum absolute atomic E-state index is 0. The maximum Gasteiger partial charge on any atom is 0.0599 e. The highest BCUT2D eigenvalue weighted by Crippen LogP contribution is 2.40. The van der Waals surface area contributed by atoms with Crippen molar-refractivity contribution in [3.05, 3.63) is 35.4 Å². The van der Waals surface area contributed by atoms with Crippen LogP contribution >= 0.6 is 12.4 Å². The Balaban J connectivity index is 0.00000161. The number of halogens is 1. The van der Waals surface area contributed by atoms with Gasteiger partial charge in [-0.05, 0) is 42.7 Å². The van der Waals surface area contributed by atoms with Crippen LogP contribution in [-0.2, 0) is 11.3 Å². The van der Waals surface area contributed by atoms with E-state index in [1.54, 1.807) is 0 Å². The van der Waals surface area contributed by atoms with Gasteiger partial charge in [0.05, 0.1) is 6.10 Å². The molecule has 1 saturated heterocycles. The van der Waals surface area contributed by atoms with Crippen LogP contribution in [0.25, 0.3) is 0 Å². The third kappa shape index (κ3) is 4.19. The van der Waals surface area contributed by atoms with Crippen molar-refractivity contribution >= 4 is 12.4 Å². The number of nitrogens with zero attached hydrogens (tertiary/aromatic N) is 1. The van der Waals surface area contributed by atoms with E-state index >= 15 is 0 Å². The first-order valence-electron chi connectivity index (χ1n) is 7.86. The number of methoxy groups -OCH3 is 1. The molecular formula is C17H27ClN2O. The number of likely N-dealkylation sites (tertiary alicyclic amines) is 1. The molecule has 118 valence electrons. The molecule has 1 heterocycles. The highest BCUT2D eigenvalue weighted by atomic mass is 35.5. The molecule has 0 spiro atoms. The lowest BCUT2D eigenvalue weighted by molar-refractivity contribution is 0.0102. The zero-order chi connectivity index (χ0) is 13.9. The van der Waals surface area contributed by atoms with Crippen molar-refractivity contribution in [2.75, 3.05) is 20.2 Å². The lowest BCUT2D eigenvalue weighted by Gasteiger charge is -2.38. The quantitative estimate of drug-likeness (QED) is 0.909. The van der Waals surface area contributed by atoms with Gasteiger partial charge in [0.2, 0.25) is 0 Å². The van der Waals surface area contributed by atoms with Gasteiger partial charge in [-0.15, -0.1) is 12.4 Å². The van der Waals surface area contributed by atoms with Gasteiger partial charge in [-0.3, -0.25) is 4.90 Å². The molecule has 21 heavy (non-hydrogen) atoms. The van der Waals surface area contributed by atoms with Gasteiger partial charge in [0, 0.05) is 32.8 Å². The molecule has 1 aliphatic heterocycles. The molecule has 2 atom stereocenters. The summed E-state index contributed by atoms with van der Waals surface area (Å²) in [6, 6.07) is 9.59. The Bertz CT molecular complexity index is 450. The third-order valence-corrected chi connectivity index (χ3v) is 4.78. The molecule has 1 aromatic rings. The fraction of sp³-hybridized carbons (Fsp3) is 0.647. The molecule has 0 amide bonds. The number of benzene rings is 1. The van der Waals surface area contributed by atoms with E-state index < -0.39 is 0 Å². The van der Waals surface area contributed by atoms with Gasteiger partial charge >= 0.3 is 0 Å². The monoisotopic (exact) mass is 310 g/mol. The molecule has 3 rings (SSSR count). The summed E-state index contributed by atoms with van der Waals surface area (Å²) in [4.78, 5) is 2.53. The molecule has 1 saturated carbocycles. The highest BCUT2D eigenvalue weighted by molar-refractivity contribution is 5.85.